The van der Waals surface area contributed by atoms with Gasteiger partial charge in [0.05, 0.1) is 21.8 Å². The molecule has 0 aliphatic heterocycles. The van der Waals surface area contributed by atoms with E-state index in [4.69, 9.17) is 11.6 Å². The summed E-state index contributed by atoms with van der Waals surface area (Å²) < 4.78 is 1.27. The molecule has 1 atom stereocenters. The Morgan fingerprint density at radius 2 is 1.30 bits per heavy atom. The molecule has 254 valence electrons. The summed E-state index contributed by atoms with van der Waals surface area (Å²) in [4.78, 5) is 37.5. The highest BCUT2D eigenvalue weighted by Gasteiger charge is 2.38. The van der Waals surface area contributed by atoms with E-state index in [-0.39, 0.29) is 22.1 Å². The lowest BCUT2D eigenvalue weighted by Crippen LogP contribution is -2.39. The van der Waals surface area contributed by atoms with Crippen LogP contribution in [0.5, 0.6) is 0 Å². The molecule has 0 aliphatic carbocycles. The van der Waals surface area contributed by atoms with Crippen LogP contribution in [0.15, 0.2) is 42.5 Å². The number of carbonyl (C=O) groups excluding carboxylic acids is 2. The molecule has 8 nitrogen and oxygen atoms in total. The summed E-state index contributed by atoms with van der Waals surface area (Å²) in [6.45, 7) is 9.69. The Balaban J connectivity index is 0.000000372. The lowest BCUT2D eigenvalue weighted by Gasteiger charge is -2.24. The van der Waals surface area contributed by atoms with E-state index in [1.165, 1.54) is 119 Å². The zero-order valence-electron chi connectivity index (χ0n) is 28.6. The molecule has 0 aliphatic rings. The molecule has 0 spiro atoms. The number of aromatic carboxylic acids is 1. The SMILES string of the molecule is CC(C)(C)C(=O)C(C(=O)Nc1cc(C(=O)O)ccc1Cl)n1nnc2ccccc21.CCCCCCCCCCCCCCCCC. The minimum absolute atomic E-state index is 0.0467. The Morgan fingerprint density at radius 3 is 1.78 bits per heavy atom. The van der Waals surface area contributed by atoms with Crippen LogP contribution in [0.4, 0.5) is 5.69 Å². The Morgan fingerprint density at radius 1 is 0.804 bits per heavy atom. The summed E-state index contributed by atoms with van der Waals surface area (Å²) in [7, 11) is 0. The Bertz CT molecular complexity index is 1350. The molecule has 0 fully saturated rings. The Hall–Kier alpha value is -3.26. The van der Waals surface area contributed by atoms with Crippen molar-refractivity contribution in [3.8, 4) is 0 Å². The fourth-order valence-corrected chi connectivity index (χ4v) is 5.39. The number of unbranched alkanes of at least 4 members (excludes halogenated alkanes) is 14. The van der Waals surface area contributed by atoms with Gasteiger partial charge in [-0.15, -0.1) is 5.10 Å². The molecule has 3 aromatic rings. The Kier molecular flexibility index (Phi) is 17.6. The summed E-state index contributed by atoms with van der Waals surface area (Å²) in [5.41, 5.74) is 0.262. The monoisotopic (exact) mass is 654 g/mol. The summed E-state index contributed by atoms with van der Waals surface area (Å²) >= 11 is 6.11. The molecule has 46 heavy (non-hydrogen) atoms. The van der Waals surface area contributed by atoms with E-state index in [2.05, 4.69) is 29.5 Å². The van der Waals surface area contributed by atoms with Gasteiger partial charge >= 0.3 is 5.97 Å². The number of nitrogens with one attached hydrogen (secondary N) is 1. The zero-order valence-corrected chi connectivity index (χ0v) is 29.4. The van der Waals surface area contributed by atoms with Crippen molar-refractivity contribution in [2.75, 3.05) is 5.32 Å². The van der Waals surface area contributed by atoms with Crippen molar-refractivity contribution in [2.45, 2.75) is 137 Å². The van der Waals surface area contributed by atoms with Gasteiger partial charge in [0, 0.05) is 5.41 Å². The van der Waals surface area contributed by atoms with Crippen LogP contribution in [0.1, 0.15) is 147 Å². The fraction of sp³-hybridized carbons (Fsp3) is 0.595. The quantitative estimate of drug-likeness (QED) is 0.0981. The van der Waals surface area contributed by atoms with E-state index >= 15 is 0 Å². The van der Waals surface area contributed by atoms with E-state index in [0.717, 1.165) is 0 Å². The predicted octanol–water partition coefficient (Wildman–Crippen LogP) is 10.5. The number of anilines is 1. The summed E-state index contributed by atoms with van der Waals surface area (Å²) in [5.74, 6) is -2.23. The van der Waals surface area contributed by atoms with Gasteiger partial charge in [-0.05, 0) is 30.3 Å². The number of carbonyl (C=O) groups is 3. The van der Waals surface area contributed by atoms with Crippen LogP contribution < -0.4 is 5.32 Å². The Labute approximate surface area is 280 Å². The van der Waals surface area contributed by atoms with Crippen molar-refractivity contribution >= 4 is 46.0 Å². The van der Waals surface area contributed by atoms with Crippen molar-refractivity contribution in [1.29, 1.82) is 0 Å². The first-order chi connectivity index (χ1) is 22.0. The molecule has 0 saturated carbocycles. The number of hydrogen-bond donors (Lipinski definition) is 2. The number of carboxylic acids is 1. The number of carboxylic acid groups (broad SMARTS) is 1. The number of amides is 1. The van der Waals surface area contributed by atoms with Crippen LogP contribution in [0.2, 0.25) is 5.02 Å². The van der Waals surface area contributed by atoms with Crippen molar-refractivity contribution < 1.29 is 19.5 Å². The van der Waals surface area contributed by atoms with Gasteiger partial charge in [0.15, 0.2) is 11.8 Å². The molecule has 0 saturated heterocycles. The van der Waals surface area contributed by atoms with Gasteiger partial charge in [0.1, 0.15) is 5.52 Å². The van der Waals surface area contributed by atoms with Gasteiger partial charge in [-0.3, -0.25) is 9.59 Å². The van der Waals surface area contributed by atoms with Crippen molar-refractivity contribution in [3.05, 3.63) is 53.1 Å². The van der Waals surface area contributed by atoms with E-state index in [9.17, 15) is 19.5 Å². The maximum Gasteiger partial charge on any atom is 0.335 e. The highest BCUT2D eigenvalue weighted by atomic mass is 35.5. The standard InChI is InChI=1S/C20H19ClN4O4.C17H36/c1-20(2,3)17(26)16(25-15-7-5-4-6-13(15)23-24-25)18(27)22-14-10-11(19(28)29)8-9-12(14)21;1-3-5-7-9-11-13-15-17-16-14-12-10-8-6-4-2/h4-10,16H,1-3H3,(H,22,27)(H,28,29);3-17H2,1-2H3. The third kappa shape index (κ3) is 13.2. The average Bonchev–Trinajstić information content (AvgIpc) is 3.44. The van der Waals surface area contributed by atoms with Crippen LogP contribution in [0.3, 0.4) is 0 Å². The van der Waals surface area contributed by atoms with Crippen LogP contribution >= 0.6 is 11.6 Å². The molecule has 3 rings (SSSR count). The molecule has 0 bridgehead atoms. The molecular weight excluding hydrogens is 600 g/mol. The predicted molar refractivity (Wildman–Crippen MR) is 189 cm³/mol. The number of benzene rings is 2. The van der Waals surface area contributed by atoms with Gasteiger partial charge in [-0.1, -0.05) is 160 Å². The highest BCUT2D eigenvalue weighted by molar-refractivity contribution is 6.34. The number of fused-ring (bicyclic) bond motifs is 1. The van der Waals surface area contributed by atoms with Gasteiger partial charge in [0.2, 0.25) is 0 Å². The third-order valence-electron chi connectivity index (χ3n) is 8.04. The second-order valence-electron chi connectivity index (χ2n) is 13.1. The highest BCUT2D eigenvalue weighted by Crippen LogP contribution is 2.29. The summed E-state index contributed by atoms with van der Waals surface area (Å²) in [6, 6.07) is 9.58. The van der Waals surface area contributed by atoms with Crippen molar-refractivity contribution in [3.63, 3.8) is 0 Å². The minimum Gasteiger partial charge on any atom is -0.478 e. The van der Waals surface area contributed by atoms with E-state index in [0.29, 0.717) is 11.0 Å². The van der Waals surface area contributed by atoms with Crippen LogP contribution in [0.25, 0.3) is 11.0 Å². The maximum atomic E-state index is 13.1. The van der Waals surface area contributed by atoms with Crippen LogP contribution in [0, 0.1) is 5.41 Å². The number of para-hydroxylation sites is 1. The normalized spacial score (nSPS) is 12.0. The summed E-state index contributed by atoms with van der Waals surface area (Å²) in [5, 5.41) is 19.9. The molecular formula is C37H55ClN4O4. The van der Waals surface area contributed by atoms with Gasteiger partial charge in [-0.25, -0.2) is 9.48 Å². The van der Waals surface area contributed by atoms with Crippen molar-refractivity contribution in [1.82, 2.24) is 15.0 Å². The lowest BCUT2D eigenvalue weighted by molar-refractivity contribution is -0.135. The molecule has 0 radical (unpaired) electrons. The topological polar surface area (TPSA) is 114 Å². The fourth-order valence-electron chi connectivity index (χ4n) is 5.23. The molecule has 1 unspecified atom stereocenters. The molecule has 2 aromatic carbocycles. The largest absolute Gasteiger partial charge is 0.478 e. The number of rotatable bonds is 19. The van der Waals surface area contributed by atoms with E-state index < -0.39 is 23.3 Å². The first-order valence-electron chi connectivity index (χ1n) is 17.2. The second kappa shape index (κ2) is 20.8. The summed E-state index contributed by atoms with van der Waals surface area (Å²) in [6.07, 6.45) is 21.9. The van der Waals surface area contributed by atoms with Crippen LogP contribution in [-0.4, -0.2) is 37.8 Å². The molecule has 1 heterocycles. The van der Waals surface area contributed by atoms with Crippen molar-refractivity contribution in [2.24, 2.45) is 5.41 Å². The zero-order chi connectivity index (χ0) is 34.0. The first-order valence-corrected chi connectivity index (χ1v) is 17.6. The lowest BCUT2D eigenvalue weighted by atomic mass is 9.86. The second-order valence-corrected chi connectivity index (χ2v) is 13.5. The van der Waals surface area contributed by atoms with Gasteiger partial charge < -0.3 is 10.4 Å². The number of aromatic nitrogens is 3. The number of ketones is 1. The first kappa shape index (κ1) is 38.9. The van der Waals surface area contributed by atoms with E-state index in [1.807, 2.05) is 0 Å². The number of hydrogen-bond acceptors (Lipinski definition) is 5. The van der Waals surface area contributed by atoms with E-state index in [1.54, 1.807) is 45.0 Å². The van der Waals surface area contributed by atoms with Gasteiger partial charge in [-0.2, -0.15) is 0 Å². The average molecular weight is 655 g/mol. The van der Waals surface area contributed by atoms with Crippen LogP contribution in [-0.2, 0) is 9.59 Å². The number of nitrogens with zero attached hydrogens (tertiary/aromatic N) is 3. The molecule has 1 amide bonds. The smallest absolute Gasteiger partial charge is 0.335 e. The number of Topliss-reactive ketones (excluding diaryl/α,β-unsaturated/α-hetero) is 1. The maximum absolute atomic E-state index is 13.1. The van der Waals surface area contributed by atoms with Gasteiger partial charge in [0.25, 0.3) is 5.91 Å². The number of halogens is 1. The molecule has 1 aromatic heterocycles. The third-order valence-corrected chi connectivity index (χ3v) is 8.37. The minimum atomic E-state index is -1.31. The molecule has 9 heteroatoms. The molecule has 2 N–H and O–H groups in total.